The minimum Gasteiger partial charge on any atom is -0.373 e. The molecule has 0 saturated carbocycles. The van der Waals surface area contributed by atoms with Gasteiger partial charge in [0, 0.05) is 23.8 Å². The van der Waals surface area contributed by atoms with Gasteiger partial charge in [0.05, 0.1) is 17.4 Å². The zero-order chi connectivity index (χ0) is 18.8. The van der Waals surface area contributed by atoms with Gasteiger partial charge in [0.2, 0.25) is 0 Å². The number of nitrogens with zero attached hydrogens (tertiary/aromatic N) is 2. The molecule has 0 fully saturated rings. The molecule has 2 unspecified atom stereocenters. The van der Waals surface area contributed by atoms with Crippen molar-refractivity contribution in [3.8, 4) is 0 Å². The summed E-state index contributed by atoms with van der Waals surface area (Å²) in [5, 5.41) is 3.86. The number of nitrogens with one attached hydrogen (secondary N) is 1. The molecule has 144 valence electrons. The van der Waals surface area contributed by atoms with E-state index in [9.17, 15) is 0 Å². The second kappa shape index (κ2) is 7.84. The number of hydrogen-bond donors (Lipinski definition) is 1. The van der Waals surface area contributed by atoms with Crippen molar-refractivity contribution in [1.29, 1.82) is 0 Å². The second-order valence-electron chi connectivity index (χ2n) is 8.22. The molecule has 0 saturated heterocycles. The molecule has 0 bridgehead atoms. The van der Waals surface area contributed by atoms with Crippen molar-refractivity contribution in [3.05, 3.63) is 54.1 Å². The van der Waals surface area contributed by atoms with Crippen LogP contribution in [0.1, 0.15) is 64.5 Å². The van der Waals surface area contributed by atoms with Gasteiger partial charge in [-0.1, -0.05) is 62.9 Å². The minimum absolute atomic E-state index is 0.328. The Balaban J connectivity index is 1.67. The highest BCUT2D eigenvalue weighted by Crippen LogP contribution is 2.49. The topological polar surface area (TPSA) is 18.5 Å². The summed E-state index contributed by atoms with van der Waals surface area (Å²) in [6, 6.07) is 18.6. The smallest absolute Gasteiger partial charge is 0.127 e. The third-order valence-corrected chi connectivity index (χ3v) is 6.04. The van der Waals surface area contributed by atoms with E-state index in [4.69, 9.17) is 0 Å². The Morgan fingerprint density at radius 2 is 1.59 bits per heavy atom. The number of fused-ring (bicyclic) bond motifs is 4. The summed E-state index contributed by atoms with van der Waals surface area (Å²) in [6.45, 7) is 8.05. The van der Waals surface area contributed by atoms with E-state index in [0.717, 1.165) is 6.54 Å². The van der Waals surface area contributed by atoms with Crippen LogP contribution in [0.2, 0.25) is 0 Å². The van der Waals surface area contributed by atoms with Crippen LogP contribution in [0.5, 0.6) is 0 Å². The van der Waals surface area contributed by atoms with Crippen LogP contribution in [0.15, 0.2) is 48.5 Å². The van der Waals surface area contributed by atoms with E-state index in [-0.39, 0.29) is 0 Å². The number of anilines is 3. The maximum atomic E-state index is 3.86. The van der Waals surface area contributed by atoms with Crippen molar-refractivity contribution in [2.45, 2.75) is 71.1 Å². The largest absolute Gasteiger partial charge is 0.373 e. The lowest BCUT2D eigenvalue weighted by molar-refractivity contribution is 0.472. The molecule has 0 aliphatic carbocycles. The monoisotopic (exact) mass is 363 g/mol. The molecule has 0 radical (unpaired) electrons. The van der Waals surface area contributed by atoms with Gasteiger partial charge in [-0.15, -0.1) is 0 Å². The lowest BCUT2D eigenvalue weighted by Gasteiger charge is -2.46. The first kappa shape index (κ1) is 18.2. The molecule has 2 aliphatic heterocycles. The van der Waals surface area contributed by atoms with Crippen LogP contribution in [0.3, 0.4) is 0 Å². The molecule has 2 heterocycles. The highest BCUT2D eigenvalue weighted by molar-refractivity contribution is 5.78. The van der Waals surface area contributed by atoms with Crippen LogP contribution in [0, 0.1) is 0 Å². The molecule has 0 amide bonds. The Kier molecular flexibility index (Phi) is 5.29. The van der Waals surface area contributed by atoms with Gasteiger partial charge in [0.25, 0.3) is 0 Å². The average Bonchev–Trinajstić information content (AvgIpc) is 3.01. The molecular weight excluding hydrogens is 330 g/mol. The first-order valence-corrected chi connectivity index (χ1v) is 10.7. The predicted molar refractivity (Wildman–Crippen MR) is 117 cm³/mol. The number of unbranched alkanes of at least 4 members (excludes halogenated alkanes) is 4. The van der Waals surface area contributed by atoms with Gasteiger partial charge >= 0.3 is 0 Å². The highest BCUT2D eigenvalue weighted by Gasteiger charge is 2.45. The molecular formula is C24H33N3. The summed E-state index contributed by atoms with van der Waals surface area (Å²) in [4.78, 5) is 5.29. The molecule has 2 aliphatic rings. The molecule has 2 aromatic rings. The second-order valence-corrected chi connectivity index (χ2v) is 8.22. The Morgan fingerprint density at radius 3 is 2.37 bits per heavy atom. The summed E-state index contributed by atoms with van der Waals surface area (Å²) in [5.41, 5.74) is 5.45. The lowest BCUT2D eigenvalue weighted by Crippen LogP contribution is -2.55. The SMILES string of the molecule is CCCCCCCN1c2ccccc2NC2c3ccccc3N(C(C)C)C21. The summed E-state index contributed by atoms with van der Waals surface area (Å²) in [5.74, 6) is 0. The Morgan fingerprint density at radius 1 is 0.889 bits per heavy atom. The van der Waals surface area contributed by atoms with E-state index in [1.165, 1.54) is 54.7 Å². The van der Waals surface area contributed by atoms with Gasteiger partial charge < -0.3 is 15.1 Å². The number of rotatable bonds is 7. The van der Waals surface area contributed by atoms with Crippen LogP contribution >= 0.6 is 0 Å². The summed E-state index contributed by atoms with van der Waals surface area (Å²) >= 11 is 0. The summed E-state index contributed by atoms with van der Waals surface area (Å²) < 4.78 is 0. The Labute approximate surface area is 164 Å². The third kappa shape index (κ3) is 3.28. The highest BCUT2D eigenvalue weighted by atomic mass is 15.4. The Hall–Kier alpha value is -2.16. The Bertz CT molecular complexity index is 770. The van der Waals surface area contributed by atoms with E-state index in [1.54, 1.807) is 0 Å². The fraction of sp³-hybridized carbons (Fsp3) is 0.500. The zero-order valence-electron chi connectivity index (χ0n) is 17.0. The molecule has 3 heteroatoms. The van der Waals surface area contributed by atoms with Gasteiger partial charge in [-0.2, -0.15) is 0 Å². The average molecular weight is 364 g/mol. The van der Waals surface area contributed by atoms with Crippen molar-refractivity contribution in [1.82, 2.24) is 0 Å². The maximum Gasteiger partial charge on any atom is 0.127 e. The number of hydrogen-bond acceptors (Lipinski definition) is 3. The summed E-state index contributed by atoms with van der Waals surface area (Å²) in [6.07, 6.45) is 6.95. The van der Waals surface area contributed by atoms with E-state index in [0.29, 0.717) is 18.2 Å². The van der Waals surface area contributed by atoms with Gasteiger partial charge in [-0.3, -0.25) is 0 Å². The maximum absolute atomic E-state index is 3.86. The quantitative estimate of drug-likeness (QED) is 0.592. The molecule has 4 rings (SSSR count). The molecule has 3 nitrogen and oxygen atoms in total. The van der Waals surface area contributed by atoms with E-state index < -0.39 is 0 Å². The fourth-order valence-corrected chi connectivity index (χ4v) is 4.81. The van der Waals surface area contributed by atoms with Crippen molar-refractivity contribution in [2.75, 3.05) is 21.7 Å². The molecule has 27 heavy (non-hydrogen) atoms. The number of benzene rings is 2. The van der Waals surface area contributed by atoms with Crippen LogP contribution in [0.4, 0.5) is 17.1 Å². The van der Waals surface area contributed by atoms with Crippen LogP contribution in [-0.2, 0) is 0 Å². The van der Waals surface area contributed by atoms with Crippen molar-refractivity contribution in [3.63, 3.8) is 0 Å². The normalized spacial score (nSPS) is 20.3. The van der Waals surface area contributed by atoms with Crippen molar-refractivity contribution >= 4 is 17.1 Å². The van der Waals surface area contributed by atoms with Crippen LogP contribution in [0.25, 0.3) is 0 Å². The van der Waals surface area contributed by atoms with E-state index in [1.807, 2.05) is 0 Å². The number of para-hydroxylation sites is 3. The lowest BCUT2D eigenvalue weighted by atomic mass is 10.0. The molecule has 0 spiro atoms. The predicted octanol–water partition coefficient (Wildman–Crippen LogP) is 6.18. The van der Waals surface area contributed by atoms with E-state index in [2.05, 4.69) is 84.4 Å². The molecule has 2 aromatic carbocycles. The molecule has 0 aromatic heterocycles. The van der Waals surface area contributed by atoms with Crippen LogP contribution < -0.4 is 15.1 Å². The summed E-state index contributed by atoms with van der Waals surface area (Å²) in [7, 11) is 0. The van der Waals surface area contributed by atoms with Crippen molar-refractivity contribution < 1.29 is 0 Å². The van der Waals surface area contributed by atoms with Gasteiger partial charge in [0.1, 0.15) is 6.17 Å². The van der Waals surface area contributed by atoms with Gasteiger partial charge in [-0.25, -0.2) is 0 Å². The minimum atomic E-state index is 0.328. The first-order chi connectivity index (χ1) is 13.2. The van der Waals surface area contributed by atoms with Gasteiger partial charge in [-0.05, 0) is 38.5 Å². The van der Waals surface area contributed by atoms with Crippen LogP contribution in [-0.4, -0.2) is 18.8 Å². The molecule has 2 atom stereocenters. The fourth-order valence-electron chi connectivity index (χ4n) is 4.81. The standard InChI is InChI=1S/C24H33N3/c1-4-5-6-7-12-17-26-22-16-11-9-14-20(22)25-23-19-13-8-10-15-21(19)27(18(2)3)24(23)26/h8-11,13-16,18,23-25H,4-7,12,17H2,1-3H3. The zero-order valence-corrected chi connectivity index (χ0v) is 17.0. The first-order valence-electron chi connectivity index (χ1n) is 10.7. The van der Waals surface area contributed by atoms with E-state index >= 15 is 0 Å². The van der Waals surface area contributed by atoms with Gasteiger partial charge in [0.15, 0.2) is 0 Å². The van der Waals surface area contributed by atoms with Crippen molar-refractivity contribution in [2.24, 2.45) is 0 Å². The third-order valence-electron chi connectivity index (χ3n) is 6.04. The molecule has 1 N–H and O–H groups in total.